The van der Waals surface area contributed by atoms with Crippen LogP contribution in [0, 0.1) is 0 Å². The highest BCUT2D eigenvalue weighted by atomic mass is 16.5. The highest BCUT2D eigenvalue weighted by Crippen LogP contribution is 2.33. The molecule has 0 aliphatic heterocycles. The Hall–Kier alpha value is -4.27. The number of aromatic nitrogens is 4. The number of esters is 1. The fraction of sp³-hybridized carbons (Fsp3) is 0.136. The van der Waals surface area contributed by atoms with Crippen molar-refractivity contribution >= 4 is 17.5 Å². The molecule has 3 heterocycles. The van der Waals surface area contributed by atoms with Crippen LogP contribution in [0.25, 0.3) is 28.0 Å². The van der Waals surface area contributed by atoms with Crippen LogP contribution in [0.3, 0.4) is 0 Å². The van der Waals surface area contributed by atoms with Crippen molar-refractivity contribution in [3.05, 3.63) is 76.7 Å². The number of nitrogens with zero attached hydrogens (tertiary/aromatic N) is 4. The molecule has 0 spiro atoms. The molecule has 0 unspecified atom stereocenters. The van der Waals surface area contributed by atoms with Crippen molar-refractivity contribution in [3.63, 3.8) is 0 Å². The number of fused-ring (bicyclic) bond motifs is 1. The molecule has 0 fully saturated rings. The molecule has 0 saturated carbocycles. The van der Waals surface area contributed by atoms with Crippen LogP contribution in [0.15, 0.2) is 65.6 Å². The number of ether oxygens (including phenoxy) is 1. The minimum atomic E-state index is -1.05. The molecule has 0 aliphatic carbocycles. The first-order valence-electron chi connectivity index (χ1n) is 9.61. The van der Waals surface area contributed by atoms with E-state index in [2.05, 4.69) is 10.2 Å². The molecule has 31 heavy (non-hydrogen) atoms. The van der Waals surface area contributed by atoms with E-state index in [1.807, 2.05) is 48.5 Å². The number of primary amides is 1. The maximum absolute atomic E-state index is 12.7. The van der Waals surface area contributed by atoms with Crippen molar-refractivity contribution in [2.24, 2.45) is 5.73 Å². The summed E-state index contributed by atoms with van der Waals surface area (Å²) in [5.41, 5.74) is 7.71. The van der Waals surface area contributed by atoms with Crippen molar-refractivity contribution in [2.45, 2.75) is 13.3 Å². The monoisotopic (exact) mass is 417 g/mol. The van der Waals surface area contributed by atoms with E-state index in [-0.39, 0.29) is 24.3 Å². The first-order chi connectivity index (χ1) is 15.0. The quantitative estimate of drug-likeness (QED) is 0.497. The van der Waals surface area contributed by atoms with E-state index >= 15 is 0 Å². The lowest BCUT2D eigenvalue weighted by Gasteiger charge is -2.09. The van der Waals surface area contributed by atoms with Gasteiger partial charge in [-0.3, -0.25) is 9.59 Å². The summed E-state index contributed by atoms with van der Waals surface area (Å²) in [5, 5.41) is 8.85. The second-order valence-corrected chi connectivity index (χ2v) is 6.71. The average Bonchev–Trinajstić information content (AvgIpc) is 3.15. The molecule has 1 amide bonds. The number of benzene rings is 1. The Morgan fingerprint density at radius 3 is 2.52 bits per heavy atom. The molecule has 1 aromatic carbocycles. The van der Waals surface area contributed by atoms with E-state index in [1.54, 1.807) is 17.6 Å². The highest BCUT2D eigenvalue weighted by Gasteiger charge is 2.22. The van der Waals surface area contributed by atoms with Crippen LogP contribution >= 0.6 is 0 Å². The van der Waals surface area contributed by atoms with Crippen molar-refractivity contribution in [3.8, 4) is 22.5 Å². The van der Waals surface area contributed by atoms with E-state index in [1.165, 1.54) is 6.07 Å². The van der Waals surface area contributed by atoms with Gasteiger partial charge in [0.25, 0.3) is 5.56 Å². The summed E-state index contributed by atoms with van der Waals surface area (Å²) in [6, 6.07) is 15.4. The third-order valence-corrected chi connectivity index (χ3v) is 4.68. The number of hydrogen-bond acceptors (Lipinski definition) is 6. The summed E-state index contributed by atoms with van der Waals surface area (Å²) in [5.74, 6) is -0.587. The molecule has 9 nitrogen and oxygen atoms in total. The third-order valence-electron chi connectivity index (χ3n) is 4.68. The zero-order valence-corrected chi connectivity index (χ0v) is 16.7. The van der Waals surface area contributed by atoms with Gasteiger partial charge in [0.05, 0.1) is 29.8 Å². The van der Waals surface area contributed by atoms with Crippen LogP contribution in [-0.2, 0) is 16.0 Å². The van der Waals surface area contributed by atoms with Gasteiger partial charge in [-0.2, -0.15) is 10.2 Å². The van der Waals surface area contributed by atoms with Gasteiger partial charge in [-0.25, -0.2) is 9.31 Å². The summed E-state index contributed by atoms with van der Waals surface area (Å²) in [6.45, 7) is 1.84. The van der Waals surface area contributed by atoms with Gasteiger partial charge in [-0.1, -0.05) is 36.4 Å². The summed E-state index contributed by atoms with van der Waals surface area (Å²) < 4.78 is 7.20. The van der Waals surface area contributed by atoms with Crippen LogP contribution in [0.5, 0.6) is 0 Å². The second kappa shape index (κ2) is 8.23. The van der Waals surface area contributed by atoms with Crippen molar-refractivity contribution < 1.29 is 14.3 Å². The molecular weight excluding hydrogens is 398 g/mol. The van der Waals surface area contributed by atoms with Gasteiger partial charge in [-0.05, 0) is 25.1 Å². The van der Waals surface area contributed by atoms with Crippen LogP contribution in [0.2, 0.25) is 0 Å². The largest absolute Gasteiger partial charge is 0.466 e. The van der Waals surface area contributed by atoms with E-state index < -0.39 is 17.6 Å². The van der Waals surface area contributed by atoms with Gasteiger partial charge in [0, 0.05) is 17.3 Å². The molecule has 156 valence electrons. The number of pyridine rings is 1. The number of rotatable bonds is 5. The number of amides is 1. The Kier molecular flexibility index (Phi) is 5.31. The summed E-state index contributed by atoms with van der Waals surface area (Å²) in [6.07, 6.45) is 1.48. The molecule has 2 N–H and O–H groups in total. The minimum absolute atomic E-state index is 0.0524. The Bertz CT molecular complexity index is 1340. The zero-order chi connectivity index (χ0) is 22.0. The molecular formula is C22H19N5O4. The smallest absolute Gasteiger partial charge is 0.342 e. The summed E-state index contributed by atoms with van der Waals surface area (Å²) in [7, 11) is 0. The molecule has 0 saturated heterocycles. The molecule has 9 heteroatoms. The van der Waals surface area contributed by atoms with Gasteiger partial charge in [-0.15, -0.1) is 4.68 Å². The lowest BCUT2D eigenvalue weighted by atomic mass is 10.0. The third kappa shape index (κ3) is 3.80. The van der Waals surface area contributed by atoms with Crippen LogP contribution in [0.1, 0.15) is 12.5 Å². The standard InChI is InChI=1S/C22H19N5O4/c1-2-31-18(28)13-15-12-16(24-27(21(15)29)22(23)30)19-17-10-6-7-11-26(17)25-20(19)14-8-4-3-5-9-14/h3-12H,2,13H2,1H3,(H2,23,30). The average molecular weight is 417 g/mol. The summed E-state index contributed by atoms with van der Waals surface area (Å²) in [4.78, 5) is 36.6. The molecule has 3 aromatic heterocycles. The Labute approximate surface area is 176 Å². The number of hydrogen-bond donors (Lipinski definition) is 1. The van der Waals surface area contributed by atoms with E-state index in [0.29, 0.717) is 21.5 Å². The molecule has 0 bridgehead atoms. The second-order valence-electron chi connectivity index (χ2n) is 6.71. The Morgan fingerprint density at radius 2 is 1.81 bits per heavy atom. The fourth-order valence-electron chi connectivity index (χ4n) is 3.36. The topological polar surface area (TPSA) is 122 Å². The maximum Gasteiger partial charge on any atom is 0.342 e. The molecule has 4 aromatic rings. The zero-order valence-electron chi connectivity index (χ0n) is 16.7. The van der Waals surface area contributed by atoms with Crippen molar-refractivity contribution in [1.29, 1.82) is 0 Å². The van der Waals surface area contributed by atoms with Crippen molar-refractivity contribution in [1.82, 2.24) is 19.4 Å². The fourth-order valence-corrected chi connectivity index (χ4v) is 3.36. The molecule has 0 radical (unpaired) electrons. The molecule has 4 rings (SSSR count). The lowest BCUT2D eigenvalue weighted by molar-refractivity contribution is -0.142. The maximum atomic E-state index is 12.7. The van der Waals surface area contributed by atoms with Gasteiger partial charge >= 0.3 is 12.0 Å². The van der Waals surface area contributed by atoms with Gasteiger partial charge in [0.2, 0.25) is 0 Å². The predicted octanol–water partition coefficient (Wildman–Crippen LogP) is 2.26. The van der Waals surface area contributed by atoms with Gasteiger partial charge in [0.1, 0.15) is 5.69 Å². The molecule has 0 atom stereocenters. The molecule has 0 aliphatic rings. The van der Waals surface area contributed by atoms with E-state index in [0.717, 1.165) is 5.56 Å². The minimum Gasteiger partial charge on any atom is -0.466 e. The van der Waals surface area contributed by atoms with Gasteiger partial charge < -0.3 is 10.5 Å². The number of carbonyl (C=O) groups excluding carboxylic acids is 2. The SMILES string of the molecule is CCOC(=O)Cc1cc(-c2c(-c3ccccc3)nn3ccccc23)nn(C(N)=O)c1=O. The first kappa shape index (κ1) is 20.0. The normalized spacial score (nSPS) is 10.9. The Balaban J connectivity index is 1.99. The van der Waals surface area contributed by atoms with Gasteiger partial charge in [0.15, 0.2) is 0 Å². The summed E-state index contributed by atoms with van der Waals surface area (Å²) >= 11 is 0. The van der Waals surface area contributed by atoms with Crippen LogP contribution in [0.4, 0.5) is 4.79 Å². The van der Waals surface area contributed by atoms with Crippen LogP contribution < -0.4 is 11.3 Å². The number of nitrogens with two attached hydrogens (primary N) is 1. The Morgan fingerprint density at radius 1 is 1.06 bits per heavy atom. The highest BCUT2D eigenvalue weighted by molar-refractivity contribution is 5.91. The number of carbonyl (C=O) groups is 2. The predicted molar refractivity (Wildman–Crippen MR) is 113 cm³/mol. The van der Waals surface area contributed by atoms with Crippen molar-refractivity contribution in [2.75, 3.05) is 6.61 Å². The van der Waals surface area contributed by atoms with E-state index in [9.17, 15) is 14.4 Å². The van der Waals surface area contributed by atoms with E-state index in [4.69, 9.17) is 10.5 Å². The lowest BCUT2D eigenvalue weighted by Crippen LogP contribution is -2.36. The first-order valence-corrected chi connectivity index (χ1v) is 9.61. The van der Waals surface area contributed by atoms with Crippen LogP contribution in [-0.4, -0.2) is 38.0 Å².